The van der Waals surface area contributed by atoms with E-state index in [-0.39, 0.29) is 0 Å². The SMILES string of the molecule is COCCC(C)C(N)CC1CCOC1. The standard InChI is InChI=1S/C11H23NO2/c1-9(3-5-13-2)11(12)7-10-4-6-14-8-10/h9-11H,3-8,12H2,1-2H3. The number of hydrogen-bond donors (Lipinski definition) is 1. The summed E-state index contributed by atoms with van der Waals surface area (Å²) in [5.41, 5.74) is 6.13. The van der Waals surface area contributed by atoms with Crippen LogP contribution in [0.2, 0.25) is 0 Å². The Balaban J connectivity index is 2.15. The van der Waals surface area contributed by atoms with Crippen LogP contribution in [0.1, 0.15) is 26.2 Å². The van der Waals surface area contributed by atoms with Crippen LogP contribution >= 0.6 is 0 Å². The predicted molar refractivity (Wildman–Crippen MR) is 57.2 cm³/mol. The van der Waals surface area contributed by atoms with E-state index in [1.165, 1.54) is 6.42 Å². The zero-order valence-corrected chi connectivity index (χ0v) is 9.37. The number of hydrogen-bond acceptors (Lipinski definition) is 3. The van der Waals surface area contributed by atoms with Crippen LogP contribution in [-0.4, -0.2) is 33.0 Å². The van der Waals surface area contributed by atoms with Crippen molar-refractivity contribution in [2.24, 2.45) is 17.6 Å². The first kappa shape index (κ1) is 12.0. The second kappa shape index (κ2) is 6.38. The molecule has 0 saturated carbocycles. The minimum Gasteiger partial charge on any atom is -0.385 e. The zero-order chi connectivity index (χ0) is 10.4. The van der Waals surface area contributed by atoms with Crippen molar-refractivity contribution in [3.05, 3.63) is 0 Å². The molecule has 3 nitrogen and oxygen atoms in total. The van der Waals surface area contributed by atoms with Gasteiger partial charge >= 0.3 is 0 Å². The average molecular weight is 201 g/mol. The minimum absolute atomic E-state index is 0.303. The van der Waals surface area contributed by atoms with Crippen molar-refractivity contribution in [1.29, 1.82) is 0 Å². The van der Waals surface area contributed by atoms with Gasteiger partial charge in [-0.15, -0.1) is 0 Å². The van der Waals surface area contributed by atoms with Gasteiger partial charge in [0.1, 0.15) is 0 Å². The second-order valence-corrected chi connectivity index (χ2v) is 4.39. The summed E-state index contributed by atoms with van der Waals surface area (Å²) in [4.78, 5) is 0. The maximum absolute atomic E-state index is 6.13. The van der Waals surface area contributed by atoms with E-state index in [1.807, 2.05) is 0 Å². The lowest BCUT2D eigenvalue weighted by Crippen LogP contribution is -2.31. The first-order valence-electron chi connectivity index (χ1n) is 5.56. The van der Waals surface area contributed by atoms with Crippen LogP contribution < -0.4 is 5.73 Å². The molecule has 1 aliphatic rings. The maximum atomic E-state index is 6.13. The molecule has 0 radical (unpaired) electrons. The molecule has 1 saturated heterocycles. The molecule has 0 bridgehead atoms. The quantitative estimate of drug-likeness (QED) is 0.706. The van der Waals surface area contributed by atoms with Crippen LogP contribution in [0.5, 0.6) is 0 Å². The number of rotatable bonds is 6. The Kier molecular flexibility index (Phi) is 5.45. The summed E-state index contributed by atoms with van der Waals surface area (Å²) in [7, 11) is 1.74. The van der Waals surface area contributed by atoms with Crippen molar-refractivity contribution >= 4 is 0 Å². The number of nitrogens with two attached hydrogens (primary N) is 1. The van der Waals surface area contributed by atoms with Crippen molar-refractivity contribution in [2.45, 2.75) is 32.2 Å². The van der Waals surface area contributed by atoms with Gasteiger partial charge in [-0.25, -0.2) is 0 Å². The topological polar surface area (TPSA) is 44.5 Å². The second-order valence-electron chi connectivity index (χ2n) is 4.39. The molecule has 3 unspecified atom stereocenters. The van der Waals surface area contributed by atoms with E-state index < -0.39 is 0 Å². The van der Waals surface area contributed by atoms with E-state index in [1.54, 1.807) is 7.11 Å². The third kappa shape index (κ3) is 3.95. The van der Waals surface area contributed by atoms with Gasteiger partial charge in [-0.2, -0.15) is 0 Å². The van der Waals surface area contributed by atoms with Crippen LogP contribution in [0.4, 0.5) is 0 Å². The highest BCUT2D eigenvalue weighted by Crippen LogP contribution is 2.21. The monoisotopic (exact) mass is 201 g/mol. The molecule has 0 amide bonds. The summed E-state index contributed by atoms with van der Waals surface area (Å²) in [5.74, 6) is 1.24. The van der Waals surface area contributed by atoms with Crippen LogP contribution in [0.25, 0.3) is 0 Å². The van der Waals surface area contributed by atoms with Crippen LogP contribution in [0, 0.1) is 11.8 Å². The third-order valence-corrected chi connectivity index (χ3v) is 3.14. The van der Waals surface area contributed by atoms with E-state index in [0.717, 1.165) is 32.7 Å². The van der Waals surface area contributed by atoms with Crippen molar-refractivity contribution in [2.75, 3.05) is 26.9 Å². The molecule has 1 rings (SSSR count). The van der Waals surface area contributed by atoms with Gasteiger partial charge in [0, 0.05) is 33.0 Å². The van der Waals surface area contributed by atoms with E-state index in [0.29, 0.717) is 17.9 Å². The molecule has 14 heavy (non-hydrogen) atoms. The van der Waals surface area contributed by atoms with Gasteiger partial charge < -0.3 is 15.2 Å². The molecular weight excluding hydrogens is 178 g/mol. The molecule has 3 atom stereocenters. The Bertz CT molecular complexity index is 146. The first-order valence-corrected chi connectivity index (χ1v) is 5.56. The van der Waals surface area contributed by atoms with Gasteiger partial charge in [-0.05, 0) is 31.1 Å². The Morgan fingerprint density at radius 2 is 2.36 bits per heavy atom. The van der Waals surface area contributed by atoms with Gasteiger partial charge in [0.25, 0.3) is 0 Å². The molecule has 3 heteroatoms. The molecular formula is C11H23NO2. The highest BCUT2D eigenvalue weighted by Gasteiger charge is 2.21. The molecule has 0 aromatic heterocycles. The molecule has 1 heterocycles. The van der Waals surface area contributed by atoms with Gasteiger partial charge in [0.2, 0.25) is 0 Å². The molecule has 0 aromatic rings. The van der Waals surface area contributed by atoms with Gasteiger partial charge in [-0.1, -0.05) is 6.92 Å². The van der Waals surface area contributed by atoms with Crippen molar-refractivity contribution < 1.29 is 9.47 Å². The minimum atomic E-state index is 0.303. The summed E-state index contributed by atoms with van der Waals surface area (Å²) in [6.07, 6.45) is 3.35. The van der Waals surface area contributed by atoms with E-state index in [2.05, 4.69) is 6.92 Å². The van der Waals surface area contributed by atoms with E-state index >= 15 is 0 Å². The largest absolute Gasteiger partial charge is 0.385 e. The molecule has 1 fully saturated rings. The van der Waals surface area contributed by atoms with E-state index in [4.69, 9.17) is 15.2 Å². The summed E-state index contributed by atoms with van der Waals surface area (Å²) < 4.78 is 10.4. The Labute approximate surface area is 86.9 Å². The lowest BCUT2D eigenvalue weighted by atomic mass is 9.90. The zero-order valence-electron chi connectivity index (χ0n) is 9.37. The van der Waals surface area contributed by atoms with Crippen LogP contribution in [0.15, 0.2) is 0 Å². The summed E-state index contributed by atoms with van der Waals surface area (Å²) >= 11 is 0. The fourth-order valence-electron chi connectivity index (χ4n) is 1.90. The molecule has 1 aliphatic heterocycles. The van der Waals surface area contributed by atoms with Crippen molar-refractivity contribution in [3.63, 3.8) is 0 Å². The lowest BCUT2D eigenvalue weighted by Gasteiger charge is -2.21. The smallest absolute Gasteiger partial charge is 0.0495 e. The van der Waals surface area contributed by atoms with Crippen LogP contribution in [0.3, 0.4) is 0 Å². The maximum Gasteiger partial charge on any atom is 0.0495 e. The Hall–Kier alpha value is -0.120. The Morgan fingerprint density at radius 1 is 1.57 bits per heavy atom. The first-order chi connectivity index (χ1) is 6.74. The normalized spacial score (nSPS) is 26.4. The van der Waals surface area contributed by atoms with Gasteiger partial charge in [-0.3, -0.25) is 0 Å². The van der Waals surface area contributed by atoms with E-state index in [9.17, 15) is 0 Å². The highest BCUT2D eigenvalue weighted by atomic mass is 16.5. The van der Waals surface area contributed by atoms with Crippen LogP contribution in [-0.2, 0) is 9.47 Å². The number of methoxy groups -OCH3 is 1. The predicted octanol–water partition coefficient (Wildman–Crippen LogP) is 1.41. The summed E-state index contributed by atoms with van der Waals surface area (Å²) in [6.45, 7) is 4.85. The highest BCUT2D eigenvalue weighted by molar-refractivity contribution is 4.75. The van der Waals surface area contributed by atoms with Crippen molar-refractivity contribution in [3.8, 4) is 0 Å². The average Bonchev–Trinajstić information content (AvgIpc) is 2.66. The number of ether oxygens (including phenoxy) is 2. The fourth-order valence-corrected chi connectivity index (χ4v) is 1.90. The lowest BCUT2D eigenvalue weighted by molar-refractivity contribution is 0.164. The van der Waals surface area contributed by atoms with Gasteiger partial charge in [0.05, 0.1) is 0 Å². The van der Waals surface area contributed by atoms with Gasteiger partial charge in [0.15, 0.2) is 0 Å². The fraction of sp³-hybridized carbons (Fsp3) is 1.00. The summed E-state index contributed by atoms with van der Waals surface area (Å²) in [6, 6.07) is 0.303. The summed E-state index contributed by atoms with van der Waals surface area (Å²) in [5, 5.41) is 0. The van der Waals surface area contributed by atoms with Crippen molar-refractivity contribution in [1.82, 2.24) is 0 Å². The molecule has 84 valence electrons. The molecule has 0 aliphatic carbocycles. The third-order valence-electron chi connectivity index (χ3n) is 3.14. The molecule has 2 N–H and O–H groups in total. The Morgan fingerprint density at radius 3 is 2.93 bits per heavy atom. The molecule has 0 spiro atoms. The molecule has 0 aromatic carbocycles.